The molecule has 1 rings (SSSR count). The Hall–Kier alpha value is -2.15. The van der Waals surface area contributed by atoms with E-state index in [1.807, 2.05) is 0 Å². The summed E-state index contributed by atoms with van der Waals surface area (Å²) in [6.07, 6.45) is 0. The van der Waals surface area contributed by atoms with E-state index in [1.54, 1.807) is 0 Å². The van der Waals surface area contributed by atoms with Crippen molar-refractivity contribution in [1.82, 2.24) is 0 Å². The molecule has 4 N–H and O–H groups in total. The van der Waals surface area contributed by atoms with Gasteiger partial charge < -0.3 is 21.1 Å². The first-order chi connectivity index (χ1) is 8.43. The number of carbonyl (C=O) groups is 2. The SMILES string of the molecule is CN(CC(=O)O)c1ccc(NC(=O)CN)c(F)c1. The third-order valence-corrected chi connectivity index (χ3v) is 2.23. The molecule has 1 aromatic rings. The molecule has 0 aliphatic carbocycles. The van der Waals surface area contributed by atoms with Crippen molar-refractivity contribution in [2.45, 2.75) is 0 Å². The number of carboxylic acid groups (broad SMARTS) is 1. The van der Waals surface area contributed by atoms with E-state index >= 15 is 0 Å². The summed E-state index contributed by atoms with van der Waals surface area (Å²) in [6, 6.07) is 4.02. The van der Waals surface area contributed by atoms with E-state index in [4.69, 9.17) is 10.8 Å². The second kappa shape index (κ2) is 5.97. The van der Waals surface area contributed by atoms with E-state index < -0.39 is 17.7 Å². The zero-order valence-electron chi connectivity index (χ0n) is 9.81. The first-order valence-corrected chi connectivity index (χ1v) is 5.16. The monoisotopic (exact) mass is 255 g/mol. The number of anilines is 2. The lowest BCUT2D eigenvalue weighted by atomic mass is 10.2. The van der Waals surface area contributed by atoms with E-state index in [-0.39, 0.29) is 18.8 Å². The van der Waals surface area contributed by atoms with E-state index in [2.05, 4.69) is 5.32 Å². The highest BCUT2D eigenvalue weighted by Gasteiger charge is 2.10. The van der Waals surface area contributed by atoms with Crippen LogP contribution in [-0.2, 0) is 9.59 Å². The third-order valence-electron chi connectivity index (χ3n) is 2.23. The lowest BCUT2D eigenvalue weighted by Crippen LogP contribution is -2.25. The fraction of sp³-hybridized carbons (Fsp3) is 0.273. The second-order valence-electron chi connectivity index (χ2n) is 3.67. The molecule has 0 spiro atoms. The Morgan fingerprint density at radius 1 is 1.50 bits per heavy atom. The predicted molar refractivity (Wildman–Crippen MR) is 65.0 cm³/mol. The minimum absolute atomic E-state index is 0.0120. The quantitative estimate of drug-likeness (QED) is 0.700. The molecule has 0 unspecified atom stereocenters. The van der Waals surface area contributed by atoms with Crippen molar-refractivity contribution in [2.24, 2.45) is 5.73 Å². The Balaban J connectivity index is 2.85. The Morgan fingerprint density at radius 2 is 2.17 bits per heavy atom. The molecule has 0 aliphatic heterocycles. The van der Waals surface area contributed by atoms with Gasteiger partial charge in [-0.2, -0.15) is 0 Å². The molecule has 1 aromatic carbocycles. The van der Waals surface area contributed by atoms with Crippen LogP contribution in [0.15, 0.2) is 18.2 Å². The molecule has 0 saturated carbocycles. The van der Waals surface area contributed by atoms with Crippen molar-refractivity contribution in [3.63, 3.8) is 0 Å². The highest BCUT2D eigenvalue weighted by Crippen LogP contribution is 2.21. The molecular formula is C11H14FN3O3. The van der Waals surface area contributed by atoms with Gasteiger partial charge in [0, 0.05) is 12.7 Å². The summed E-state index contributed by atoms with van der Waals surface area (Å²) in [6.45, 7) is -0.478. The predicted octanol–water partition coefficient (Wildman–Crippen LogP) is 0.244. The Morgan fingerprint density at radius 3 is 2.67 bits per heavy atom. The number of aliphatic carboxylic acids is 1. The number of carboxylic acids is 1. The van der Waals surface area contributed by atoms with Crippen LogP contribution in [0, 0.1) is 5.82 Å². The van der Waals surface area contributed by atoms with Crippen molar-refractivity contribution in [2.75, 3.05) is 30.4 Å². The number of carbonyl (C=O) groups excluding carboxylic acids is 1. The van der Waals surface area contributed by atoms with Crippen LogP contribution in [0.1, 0.15) is 0 Å². The smallest absolute Gasteiger partial charge is 0.323 e. The zero-order valence-corrected chi connectivity index (χ0v) is 9.81. The molecule has 0 bridgehead atoms. The maximum Gasteiger partial charge on any atom is 0.323 e. The van der Waals surface area contributed by atoms with Gasteiger partial charge in [-0.05, 0) is 18.2 Å². The summed E-state index contributed by atoms with van der Waals surface area (Å²) in [4.78, 5) is 22.9. The number of hydrogen-bond donors (Lipinski definition) is 3. The van der Waals surface area contributed by atoms with E-state index in [0.717, 1.165) is 6.07 Å². The third kappa shape index (κ3) is 3.70. The van der Waals surface area contributed by atoms with Gasteiger partial charge in [-0.15, -0.1) is 0 Å². The number of nitrogens with one attached hydrogen (secondary N) is 1. The van der Waals surface area contributed by atoms with Gasteiger partial charge in [-0.3, -0.25) is 9.59 Å². The van der Waals surface area contributed by atoms with Gasteiger partial charge in [-0.1, -0.05) is 0 Å². The Labute approximate surface area is 103 Å². The first kappa shape index (κ1) is 13.9. The van der Waals surface area contributed by atoms with Crippen LogP contribution >= 0.6 is 0 Å². The van der Waals surface area contributed by atoms with Gasteiger partial charge >= 0.3 is 5.97 Å². The number of likely N-dealkylation sites (N-methyl/N-ethyl adjacent to an activating group) is 1. The summed E-state index contributed by atoms with van der Waals surface area (Å²) >= 11 is 0. The van der Waals surface area contributed by atoms with Gasteiger partial charge in [0.2, 0.25) is 5.91 Å². The number of halogens is 1. The van der Waals surface area contributed by atoms with Crippen LogP contribution in [0.25, 0.3) is 0 Å². The number of benzene rings is 1. The summed E-state index contributed by atoms with van der Waals surface area (Å²) in [5, 5.41) is 10.9. The normalized spacial score (nSPS) is 9.94. The molecule has 0 heterocycles. The standard InChI is InChI=1S/C11H14FN3O3/c1-15(6-11(17)18)7-2-3-9(8(12)4-7)14-10(16)5-13/h2-4H,5-6,13H2,1H3,(H,14,16)(H,17,18). The van der Waals surface area contributed by atoms with Gasteiger partial charge in [0.15, 0.2) is 0 Å². The topological polar surface area (TPSA) is 95.7 Å². The van der Waals surface area contributed by atoms with Crippen LogP contribution in [-0.4, -0.2) is 37.1 Å². The summed E-state index contributed by atoms with van der Waals surface area (Å²) in [5.74, 6) is -2.16. The van der Waals surface area contributed by atoms with E-state index in [0.29, 0.717) is 5.69 Å². The van der Waals surface area contributed by atoms with Gasteiger partial charge in [0.05, 0.1) is 12.2 Å². The molecule has 0 aliphatic rings. The van der Waals surface area contributed by atoms with Crippen LogP contribution in [0.3, 0.4) is 0 Å². The number of nitrogens with zero attached hydrogens (tertiary/aromatic N) is 1. The van der Waals surface area contributed by atoms with Crippen LogP contribution in [0.2, 0.25) is 0 Å². The van der Waals surface area contributed by atoms with Gasteiger partial charge in [0.1, 0.15) is 12.4 Å². The molecule has 1 amide bonds. The summed E-state index contributed by atoms with van der Waals surface area (Å²) in [7, 11) is 1.53. The summed E-state index contributed by atoms with van der Waals surface area (Å²) < 4.78 is 13.6. The van der Waals surface area contributed by atoms with Crippen molar-refractivity contribution in [1.29, 1.82) is 0 Å². The fourth-order valence-electron chi connectivity index (χ4n) is 1.34. The number of nitrogens with two attached hydrogens (primary N) is 1. The number of hydrogen-bond acceptors (Lipinski definition) is 4. The molecule has 0 atom stereocenters. The molecular weight excluding hydrogens is 241 g/mol. The van der Waals surface area contributed by atoms with Crippen molar-refractivity contribution in [3.8, 4) is 0 Å². The minimum atomic E-state index is -1.02. The molecule has 18 heavy (non-hydrogen) atoms. The molecule has 7 heteroatoms. The molecule has 98 valence electrons. The van der Waals surface area contributed by atoms with E-state index in [1.165, 1.54) is 24.1 Å². The average molecular weight is 255 g/mol. The van der Waals surface area contributed by atoms with Crippen LogP contribution in [0.5, 0.6) is 0 Å². The first-order valence-electron chi connectivity index (χ1n) is 5.16. The fourth-order valence-corrected chi connectivity index (χ4v) is 1.34. The van der Waals surface area contributed by atoms with Crippen LogP contribution in [0.4, 0.5) is 15.8 Å². The molecule has 0 fully saturated rings. The summed E-state index contributed by atoms with van der Waals surface area (Å²) in [5.41, 5.74) is 5.51. The lowest BCUT2D eigenvalue weighted by Gasteiger charge is -2.17. The zero-order chi connectivity index (χ0) is 13.7. The van der Waals surface area contributed by atoms with Gasteiger partial charge in [-0.25, -0.2) is 4.39 Å². The number of rotatable bonds is 5. The second-order valence-corrected chi connectivity index (χ2v) is 3.67. The highest BCUT2D eigenvalue weighted by molar-refractivity contribution is 5.92. The van der Waals surface area contributed by atoms with Gasteiger partial charge in [0.25, 0.3) is 0 Å². The average Bonchev–Trinajstić information content (AvgIpc) is 2.30. The van der Waals surface area contributed by atoms with Crippen molar-refractivity contribution in [3.05, 3.63) is 24.0 Å². The Bertz CT molecular complexity index is 465. The molecule has 0 aromatic heterocycles. The lowest BCUT2D eigenvalue weighted by molar-refractivity contribution is -0.135. The largest absolute Gasteiger partial charge is 0.480 e. The maximum atomic E-state index is 13.6. The maximum absolute atomic E-state index is 13.6. The van der Waals surface area contributed by atoms with Crippen molar-refractivity contribution < 1.29 is 19.1 Å². The Kier molecular flexibility index (Phi) is 4.61. The molecule has 6 nitrogen and oxygen atoms in total. The molecule has 0 saturated heterocycles. The van der Waals surface area contributed by atoms with Crippen molar-refractivity contribution >= 4 is 23.3 Å². The highest BCUT2D eigenvalue weighted by atomic mass is 19.1. The minimum Gasteiger partial charge on any atom is -0.480 e. The van der Waals surface area contributed by atoms with Crippen LogP contribution < -0.4 is 16.0 Å². The number of amides is 1. The molecule has 0 radical (unpaired) electrons. The van der Waals surface area contributed by atoms with E-state index in [9.17, 15) is 14.0 Å².